The highest BCUT2D eigenvalue weighted by Crippen LogP contribution is 2.35. The van der Waals surface area contributed by atoms with E-state index in [0.29, 0.717) is 28.6 Å². The van der Waals surface area contributed by atoms with Crippen molar-refractivity contribution in [1.29, 1.82) is 0 Å². The van der Waals surface area contributed by atoms with Gasteiger partial charge in [0.2, 0.25) is 5.91 Å². The number of nitro groups is 1. The minimum atomic E-state index is -0.526. The number of benzene rings is 2. The van der Waals surface area contributed by atoms with Crippen LogP contribution in [0, 0.1) is 10.1 Å². The van der Waals surface area contributed by atoms with Gasteiger partial charge >= 0.3 is 0 Å². The van der Waals surface area contributed by atoms with Gasteiger partial charge in [-0.1, -0.05) is 11.6 Å². The number of ether oxygens (including phenoxy) is 1. The molecule has 7 nitrogen and oxygen atoms in total. The molecule has 2 aromatic rings. The minimum absolute atomic E-state index is 0.00356. The molecular weight excluding hydrogens is 360 g/mol. The molecule has 0 N–H and O–H groups in total. The molecule has 0 radical (unpaired) electrons. The van der Waals surface area contributed by atoms with Crippen molar-refractivity contribution in [2.75, 3.05) is 18.1 Å². The number of carbonyl (C=O) groups excluding carboxylic acids is 2. The molecule has 26 heavy (non-hydrogen) atoms. The highest BCUT2D eigenvalue weighted by Gasteiger charge is 2.26. The van der Waals surface area contributed by atoms with Crippen LogP contribution in [0.15, 0.2) is 42.5 Å². The molecule has 0 aliphatic carbocycles. The normalized spacial score (nSPS) is 12.9. The molecule has 0 fully saturated rings. The lowest BCUT2D eigenvalue weighted by Crippen LogP contribution is -2.38. The average molecular weight is 375 g/mol. The highest BCUT2D eigenvalue weighted by molar-refractivity contribution is 6.30. The van der Waals surface area contributed by atoms with Gasteiger partial charge < -0.3 is 9.64 Å². The van der Waals surface area contributed by atoms with Gasteiger partial charge in [-0.2, -0.15) is 0 Å². The predicted octanol–water partition coefficient (Wildman–Crippen LogP) is 3.64. The number of halogens is 1. The van der Waals surface area contributed by atoms with E-state index < -0.39 is 4.92 Å². The van der Waals surface area contributed by atoms with Crippen LogP contribution in [-0.4, -0.2) is 29.8 Å². The van der Waals surface area contributed by atoms with Gasteiger partial charge in [-0.25, -0.2) is 0 Å². The van der Waals surface area contributed by atoms with Crippen molar-refractivity contribution in [1.82, 2.24) is 0 Å². The largest absolute Gasteiger partial charge is 0.490 e. The molecule has 0 bridgehead atoms. The number of rotatable bonds is 5. The first-order valence-electron chi connectivity index (χ1n) is 7.96. The second kappa shape index (κ2) is 7.53. The Morgan fingerprint density at radius 1 is 1.15 bits per heavy atom. The van der Waals surface area contributed by atoms with Crippen LogP contribution in [-0.2, 0) is 4.79 Å². The Morgan fingerprint density at radius 2 is 1.88 bits per heavy atom. The number of Topliss-reactive ketones (excluding diaryl/α,β-unsaturated/α-hetero) is 1. The molecule has 1 aliphatic rings. The summed E-state index contributed by atoms with van der Waals surface area (Å²) in [5.41, 5.74) is 0.721. The van der Waals surface area contributed by atoms with E-state index in [1.54, 1.807) is 24.3 Å². The Hall–Kier alpha value is -2.93. The van der Waals surface area contributed by atoms with E-state index in [-0.39, 0.29) is 36.8 Å². The molecule has 1 amide bonds. The smallest absolute Gasteiger partial charge is 0.271 e. The van der Waals surface area contributed by atoms with Crippen molar-refractivity contribution < 1.29 is 19.2 Å². The van der Waals surface area contributed by atoms with E-state index in [0.717, 1.165) is 0 Å². The number of non-ortho nitro benzene ring substituents is 1. The number of hydrogen-bond acceptors (Lipinski definition) is 5. The van der Waals surface area contributed by atoms with E-state index in [4.69, 9.17) is 16.3 Å². The van der Waals surface area contributed by atoms with Gasteiger partial charge in [0.25, 0.3) is 5.69 Å². The number of amides is 1. The first-order chi connectivity index (χ1) is 12.5. The lowest BCUT2D eigenvalue weighted by molar-refractivity contribution is -0.384. The number of fused-ring (bicyclic) bond motifs is 1. The van der Waals surface area contributed by atoms with Crippen molar-refractivity contribution in [2.45, 2.75) is 12.8 Å². The predicted molar refractivity (Wildman–Crippen MR) is 96.0 cm³/mol. The summed E-state index contributed by atoms with van der Waals surface area (Å²) in [7, 11) is 0. The third-order valence-corrected chi connectivity index (χ3v) is 4.30. The summed E-state index contributed by atoms with van der Waals surface area (Å²) in [4.78, 5) is 36.6. The zero-order chi connectivity index (χ0) is 18.7. The Bertz CT molecular complexity index is 866. The molecule has 8 heteroatoms. The van der Waals surface area contributed by atoms with Crippen LogP contribution in [0.1, 0.15) is 23.2 Å². The van der Waals surface area contributed by atoms with Crippen molar-refractivity contribution in [3.05, 3.63) is 63.2 Å². The van der Waals surface area contributed by atoms with Crippen LogP contribution in [0.2, 0.25) is 5.02 Å². The number of anilines is 1. The second-order valence-corrected chi connectivity index (χ2v) is 6.17. The number of carbonyl (C=O) groups is 2. The molecule has 0 atom stereocenters. The number of ketones is 1. The first kappa shape index (κ1) is 17.9. The lowest BCUT2D eigenvalue weighted by atomic mass is 10.1. The minimum Gasteiger partial charge on any atom is -0.490 e. The molecule has 0 saturated carbocycles. The molecular formula is C18H15ClN2O5. The molecule has 1 aliphatic heterocycles. The number of nitro benzene ring substituents is 1. The van der Waals surface area contributed by atoms with Crippen LogP contribution in [0.5, 0.6) is 5.75 Å². The molecule has 0 spiro atoms. The maximum Gasteiger partial charge on any atom is 0.271 e. The van der Waals surface area contributed by atoms with Gasteiger partial charge in [-0.15, -0.1) is 0 Å². The molecule has 3 rings (SSSR count). The number of hydrogen-bond donors (Lipinski definition) is 0. The topological polar surface area (TPSA) is 89.8 Å². The third kappa shape index (κ3) is 3.83. The van der Waals surface area contributed by atoms with Crippen LogP contribution >= 0.6 is 11.6 Å². The van der Waals surface area contributed by atoms with Gasteiger partial charge in [0.15, 0.2) is 5.78 Å². The highest BCUT2D eigenvalue weighted by atomic mass is 35.5. The van der Waals surface area contributed by atoms with Crippen LogP contribution in [0.25, 0.3) is 0 Å². The van der Waals surface area contributed by atoms with Gasteiger partial charge in [-0.3, -0.25) is 19.7 Å². The van der Waals surface area contributed by atoms with Crippen molar-refractivity contribution in [2.24, 2.45) is 0 Å². The van der Waals surface area contributed by atoms with Crippen LogP contribution < -0.4 is 9.64 Å². The zero-order valence-corrected chi connectivity index (χ0v) is 14.4. The third-order valence-electron chi connectivity index (χ3n) is 4.05. The van der Waals surface area contributed by atoms with Crippen LogP contribution in [0.4, 0.5) is 11.4 Å². The molecule has 1 heterocycles. The Labute approximate surface area is 154 Å². The maximum atomic E-state index is 12.6. The summed E-state index contributed by atoms with van der Waals surface area (Å²) >= 11 is 5.80. The molecule has 134 valence electrons. The monoisotopic (exact) mass is 374 g/mol. The standard InChI is InChI=1S/C18H15ClN2O5/c19-13-3-1-12(2-4-13)16(22)6-8-18(23)20-9-10-26-17-7-5-14(21(24)25)11-15(17)20/h1-5,7,11H,6,8-10H2. The summed E-state index contributed by atoms with van der Waals surface area (Å²) in [5, 5.41) is 11.5. The number of nitrogens with zero attached hydrogens (tertiary/aromatic N) is 2. The van der Waals surface area contributed by atoms with Gasteiger partial charge in [0.05, 0.1) is 17.2 Å². The van der Waals surface area contributed by atoms with Gasteiger partial charge in [0.1, 0.15) is 12.4 Å². The van der Waals surface area contributed by atoms with Gasteiger partial charge in [0, 0.05) is 35.6 Å². The fourth-order valence-corrected chi connectivity index (χ4v) is 2.84. The first-order valence-corrected chi connectivity index (χ1v) is 8.34. The summed E-state index contributed by atoms with van der Waals surface area (Å²) in [6.07, 6.45) is 0.0473. The van der Waals surface area contributed by atoms with E-state index in [1.807, 2.05) is 0 Å². The quantitative estimate of drug-likeness (QED) is 0.453. The molecule has 2 aromatic carbocycles. The molecule has 0 saturated heterocycles. The van der Waals surface area contributed by atoms with E-state index >= 15 is 0 Å². The Balaban J connectivity index is 1.71. The van der Waals surface area contributed by atoms with Crippen molar-refractivity contribution >= 4 is 34.7 Å². The summed E-state index contributed by atoms with van der Waals surface area (Å²) in [6, 6.07) is 10.6. The Kier molecular flexibility index (Phi) is 5.18. The molecule has 0 unspecified atom stereocenters. The van der Waals surface area contributed by atoms with Gasteiger partial charge in [-0.05, 0) is 30.3 Å². The lowest BCUT2D eigenvalue weighted by Gasteiger charge is -2.29. The molecule has 0 aromatic heterocycles. The SMILES string of the molecule is O=C(CCC(=O)N1CCOc2ccc([N+](=O)[O-])cc21)c1ccc(Cl)cc1. The van der Waals surface area contributed by atoms with Crippen molar-refractivity contribution in [3.8, 4) is 5.75 Å². The summed E-state index contributed by atoms with van der Waals surface area (Å²) < 4.78 is 5.45. The van der Waals surface area contributed by atoms with Crippen LogP contribution in [0.3, 0.4) is 0 Å². The van der Waals surface area contributed by atoms with E-state index in [2.05, 4.69) is 0 Å². The van der Waals surface area contributed by atoms with E-state index in [9.17, 15) is 19.7 Å². The fourth-order valence-electron chi connectivity index (χ4n) is 2.71. The second-order valence-electron chi connectivity index (χ2n) is 5.73. The maximum absolute atomic E-state index is 12.6. The Morgan fingerprint density at radius 3 is 2.58 bits per heavy atom. The zero-order valence-electron chi connectivity index (χ0n) is 13.7. The van der Waals surface area contributed by atoms with E-state index in [1.165, 1.54) is 23.1 Å². The summed E-state index contributed by atoms with van der Waals surface area (Å²) in [6.45, 7) is 0.573. The fraction of sp³-hybridized carbons (Fsp3) is 0.222. The summed E-state index contributed by atoms with van der Waals surface area (Å²) in [5.74, 6) is -0.0286. The average Bonchev–Trinajstić information content (AvgIpc) is 2.65. The van der Waals surface area contributed by atoms with Crippen molar-refractivity contribution in [3.63, 3.8) is 0 Å².